The van der Waals surface area contributed by atoms with Crippen LogP contribution in [0.5, 0.6) is 0 Å². The lowest BCUT2D eigenvalue weighted by molar-refractivity contribution is -0.251. The lowest BCUT2D eigenvalue weighted by Crippen LogP contribution is -2.67. The first-order chi connectivity index (χ1) is 17.7. The van der Waals surface area contributed by atoms with Gasteiger partial charge in [-0.05, 0) is 122 Å². The number of hydrogen-bond acceptors (Lipinski definition) is 3. The highest BCUT2D eigenvalue weighted by molar-refractivity contribution is 5.76. The molecule has 0 amide bonds. The van der Waals surface area contributed by atoms with Gasteiger partial charge in [0.25, 0.3) is 0 Å². The predicted molar refractivity (Wildman–Crippen MR) is 151 cm³/mol. The first-order valence-corrected chi connectivity index (χ1v) is 16.1. The van der Waals surface area contributed by atoms with Crippen molar-refractivity contribution in [1.29, 1.82) is 0 Å². The van der Waals surface area contributed by atoms with Crippen LogP contribution in [0.15, 0.2) is 0 Å². The fourth-order valence-electron chi connectivity index (χ4n) is 12.4. The van der Waals surface area contributed by atoms with Gasteiger partial charge in [0.15, 0.2) is 0 Å². The number of rotatable bonds is 5. The van der Waals surface area contributed by atoms with Gasteiger partial charge in [0, 0.05) is 11.8 Å². The summed E-state index contributed by atoms with van der Waals surface area (Å²) in [6, 6.07) is 0. The fourth-order valence-corrected chi connectivity index (χ4v) is 12.4. The highest BCUT2D eigenvalue weighted by atomic mass is 16.5. The Morgan fingerprint density at radius 2 is 1.55 bits per heavy atom. The van der Waals surface area contributed by atoms with Crippen molar-refractivity contribution in [2.75, 3.05) is 0 Å². The van der Waals surface area contributed by atoms with E-state index in [4.69, 9.17) is 4.74 Å². The molecule has 5 aliphatic rings. The number of carboxylic acids is 1. The van der Waals surface area contributed by atoms with Crippen LogP contribution in [0.3, 0.4) is 0 Å². The zero-order valence-corrected chi connectivity index (χ0v) is 25.7. The molecule has 10 atom stereocenters. The van der Waals surface area contributed by atoms with Gasteiger partial charge in [-0.3, -0.25) is 9.59 Å². The lowest BCUT2D eigenvalue weighted by Gasteiger charge is -2.72. The van der Waals surface area contributed by atoms with E-state index < -0.39 is 11.4 Å². The van der Waals surface area contributed by atoms with Gasteiger partial charge in [-0.25, -0.2) is 0 Å². The van der Waals surface area contributed by atoms with Gasteiger partial charge in [0.2, 0.25) is 0 Å². The Bertz CT molecular complexity index is 954. The van der Waals surface area contributed by atoms with Crippen LogP contribution in [0.1, 0.15) is 132 Å². The molecule has 5 rings (SSSR count). The van der Waals surface area contributed by atoms with Crippen molar-refractivity contribution >= 4 is 11.9 Å². The molecule has 0 bridgehead atoms. The maximum absolute atomic E-state index is 12.9. The zero-order chi connectivity index (χ0) is 27.9. The number of aliphatic carboxylic acids is 1. The van der Waals surface area contributed by atoms with Crippen molar-refractivity contribution in [2.24, 2.45) is 62.6 Å². The summed E-state index contributed by atoms with van der Waals surface area (Å²) in [7, 11) is 0. The second-order valence-electron chi connectivity index (χ2n) is 16.2. The van der Waals surface area contributed by atoms with Crippen molar-refractivity contribution in [3.05, 3.63) is 0 Å². The van der Waals surface area contributed by atoms with Crippen molar-refractivity contribution in [1.82, 2.24) is 0 Å². The van der Waals surface area contributed by atoms with Crippen LogP contribution in [-0.2, 0) is 14.3 Å². The van der Waals surface area contributed by atoms with Gasteiger partial charge in [0.1, 0.15) is 6.10 Å². The standard InChI is InChI=1S/C34H56O4/c1-9-10-27(35)38-26-15-16-31(6)24(30(26,4)5)14-17-33(8)25(31)12-11-23-28-22(21(2)3)13-18-34(28,29(36)37)20-19-32(23,33)7/h21-26,28H,9-20H2,1-8H3,(H,36,37)/t22-,23+,24-,25+,26+,28+,31-,32+,33+,34-/m0/s1. The SMILES string of the molecule is CCCC(=O)O[C@@H]1CC[C@]2(C)[C@H]3CC[C@@H]4[C@H]5[C@H](C(C)C)CC[C@]5(C(=O)O)CC[C@@]4(C)[C@]3(C)CC[C@H]2C1(C)C. The minimum atomic E-state index is -0.506. The monoisotopic (exact) mass is 528 g/mol. The molecule has 0 aromatic heterocycles. The van der Waals surface area contributed by atoms with Crippen molar-refractivity contribution in [3.8, 4) is 0 Å². The largest absolute Gasteiger partial charge is 0.481 e. The molecule has 38 heavy (non-hydrogen) atoms. The number of carbonyl (C=O) groups excluding carboxylic acids is 1. The van der Waals surface area contributed by atoms with Crippen LogP contribution in [0.2, 0.25) is 0 Å². The van der Waals surface area contributed by atoms with Crippen LogP contribution in [0.4, 0.5) is 0 Å². The minimum Gasteiger partial charge on any atom is -0.481 e. The molecule has 0 aromatic rings. The zero-order valence-electron chi connectivity index (χ0n) is 25.7. The summed E-state index contributed by atoms with van der Waals surface area (Å²) in [4.78, 5) is 25.4. The third-order valence-corrected chi connectivity index (χ3v) is 14.4. The van der Waals surface area contributed by atoms with E-state index in [0.29, 0.717) is 41.9 Å². The first-order valence-electron chi connectivity index (χ1n) is 16.1. The summed E-state index contributed by atoms with van der Waals surface area (Å²) in [5.41, 5.74) is 0.157. The first kappa shape index (κ1) is 28.5. The van der Waals surface area contributed by atoms with Crippen molar-refractivity contribution in [3.63, 3.8) is 0 Å². The predicted octanol–water partition coefficient (Wildman–Crippen LogP) is 8.52. The van der Waals surface area contributed by atoms with E-state index in [0.717, 1.165) is 44.9 Å². The second kappa shape index (κ2) is 9.23. The molecular weight excluding hydrogens is 472 g/mol. The molecule has 0 aliphatic heterocycles. The van der Waals surface area contributed by atoms with Crippen LogP contribution in [-0.4, -0.2) is 23.1 Å². The highest BCUT2D eigenvalue weighted by Crippen LogP contribution is 2.77. The molecule has 5 saturated carbocycles. The quantitative estimate of drug-likeness (QED) is 0.363. The molecule has 5 fully saturated rings. The summed E-state index contributed by atoms with van der Waals surface area (Å²) in [5, 5.41) is 10.6. The van der Waals surface area contributed by atoms with Crippen molar-refractivity contribution in [2.45, 2.75) is 139 Å². The summed E-state index contributed by atoms with van der Waals surface area (Å²) < 4.78 is 6.13. The van der Waals surface area contributed by atoms with Crippen LogP contribution < -0.4 is 0 Å². The maximum Gasteiger partial charge on any atom is 0.309 e. The second-order valence-corrected chi connectivity index (χ2v) is 16.2. The van der Waals surface area contributed by atoms with E-state index in [1.807, 2.05) is 6.92 Å². The van der Waals surface area contributed by atoms with Gasteiger partial charge in [-0.1, -0.05) is 55.4 Å². The molecule has 0 aromatic carbocycles. The Hall–Kier alpha value is -1.06. The summed E-state index contributed by atoms with van der Waals surface area (Å²) >= 11 is 0. The van der Waals surface area contributed by atoms with E-state index in [2.05, 4.69) is 48.5 Å². The summed E-state index contributed by atoms with van der Waals surface area (Å²) in [6.07, 6.45) is 12.3. The molecule has 0 radical (unpaired) electrons. The highest BCUT2D eigenvalue weighted by Gasteiger charge is 2.72. The third-order valence-electron chi connectivity index (χ3n) is 14.4. The van der Waals surface area contributed by atoms with E-state index in [1.165, 1.54) is 25.7 Å². The Morgan fingerprint density at radius 1 is 0.842 bits per heavy atom. The smallest absolute Gasteiger partial charge is 0.309 e. The Labute approximate surface area is 232 Å². The number of fused-ring (bicyclic) bond motifs is 7. The molecule has 0 unspecified atom stereocenters. The van der Waals surface area contributed by atoms with Gasteiger partial charge in [0.05, 0.1) is 5.41 Å². The number of ether oxygens (including phenoxy) is 1. The lowest BCUT2D eigenvalue weighted by atomic mass is 9.32. The Kier molecular flexibility index (Phi) is 6.92. The Morgan fingerprint density at radius 3 is 2.18 bits per heavy atom. The maximum atomic E-state index is 12.9. The topological polar surface area (TPSA) is 63.6 Å². The number of esters is 1. The molecule has 5 aliphatic carbocycles. The normalized spacial score (nSPS) is 49.4. The molecular formula is C34H56O4. The Balaban J connectivity index is 1.47. The van der Waals surface area contributed by atoms with E-state index in [9.17, 15) is 14.7 Å². The molecule has 0 heterocycles. The van der Waals surface area contributed by atoms with E-state index >= 15 is 0 Å². The summed E-state index contributed by atoms with van der Waals surface area (Å²) in [5.74, 6) is 2.60. The molecule has 4 nitrogen and oxygen atoms in total. The average Bonchev–Trinajstić information content (AvgIpc) is 3.23. The van der Waals surface area contributed by atoms with E-state index in [1.54, 1.807) is 0 Å². The molecule has 0 saturated heterocycles. The molecule has 0 spiro atoms. The number of carboxylic acid groups (broad SMARTS) is 1. The molecule has 216 valence electrons. The van der Waals surface area contributed by atoms with Gasteiger partial charge in [-0.15, -0.1) is 0 Å². The van der Waals surface area contributed by atoms with Crippen LogP contribution in [0.25, 0.3) is 0 Å². The van der Waals surface area contributed by atoms with Crippen molar-refractivity contribution < 1.29 is 19.4 Å². The van der Waals surface area contributed by atoms with Gasteiger partial charge >= 0.3 is 11.9 Å². The molecule has 4 heteroatoms. The summed E-state index contributed by atoms with van der Waals surface area (Å²) in [6.45, 7) is 19.3. The van der Waals surface area contributed by atoms with Crippen LogP contribution >= 0.6 is 0 Å². The van der Waals surface area contributed by atoms with Gasteiger partial charge in [-0.2, -0.15) is 0 Å². The third kappa shape index (κ3) is 3.65. The number of hydrogen-bond donors (Lipinski definition) is 1. The fraction of sp³-hybridized carbons (Fsp3) is 0.941. The average molecular weight is 529 g/mol. The van der Waals surface area contributed by atoms with E-state index in [-0.39, 0.29) is 33.7 Å². The minimum absolute atomic E-state index is 0.0191. The molecule has 1 N–H and O–H groups in total. The van der Waals surface area contributed by atoms with Crippen LogP contribution in [0, 0.1) is 62.6 Å². The number of carbonyl (C=O) groups is 2. The van der Waals surface area contributed by atoms with Gasteiger partial charge < -0.3 is 9.84 Å².